The van der Waals surface area contributed by atoms with Crippen LogP contribution in [-0.2, 0) is 6.42 Å². The fraction of sp³-hybridized carbons (Fsp3) is 0.586. The van der Waals surface area contributed by atoms with Gasteiger partial charge in [-0.3, -0.25) is 0 Å². The van der Waals surface area contributed by atoms with Crippen molar-refractivity contribution in [1.82, 2.24) is 0 Å². The third-order valence-corrected chi connectivity index (χ3v) is 9.23. The Morgan fingerprint density at radius 3 is 2.84 bits per heavy atom. The van der Waals surface area contributed by atoms with E-state index in [1.54, 1.807) is 16.7 Å². The van der Waals surface area contributed by atoms with E-state index >= 15 is 0 Å². The largest absolute Gasteiger partial charge is 0.389 e. The van der Waals surface area contributed by atoms with Crippen LogP contribution < -0.4 is 4.90 Å². The number of aliphatic hydroxyl groups is 1. The molecule has 31 heavy (non-hydrogen) atoms. The lowest BCUT2D eigenvalue weighted by Gasteiger charge is -2.54. The van der Waals surface area contributed by atoms with E-state index in [-0.39, 0.29) is 5.41 Å². The minimum absolute atomic E-state index is 0.0310. The lowest BCUT2D eigenvalue weighted by Crippen LogP contribution is -2.52. The Morgan fingerprint density at radius 1 is 1.16 bits per heavy atom. The van der Waals surface area contributed by atoms with E-state index in [0.29, 0.717) is 11.8 Å². The molecule has 0 spiro atoms. The first-order valence-corrected chi connectivity index (χ1v) is 12.5. The van der Waals surface area contributed by atoms with Crippen molar-refractivity contribution in [2.45, 2.75) is 76.2 Å². The van der Waals surface area contributed by atoms with Gasteiger partial charge in [-0.2, -0.15) is 0 Å². The van der Waals surface area contributed by atoms with Crippen molar-refractivity contribution in [2.24, 2.45) is 17.3 Å². The molecule has 4 atom stereocenters. The van der Waals surface area contributed by atoms with Crippen LogP contribution in [-0.4, -0.2) is 24.8 Å². The first-order valence-electron chi connectivity index (χ1n) is 12.5. The smallest absolute Gasteiger partial charge is 0.0744 e. The second kappa shape index (κ2) is 7.96. The number of allylic oxidation sites excluding steroid dienone is 4. The highest BCUT2D eigenvalue weighted by Gasteiger charge is 2.62. The van der Waals surface area contributed by atoms with E-state index in [1.165, 1.54) is 49.8 Å². The molecule has 4 aliphatic rings. The van der Waals surface area contributed by atoms with Gasteiger partial charge in [-0.15, -0.1) is 6.58 Å². The zero-order valence-corrected chi connectivity index (χ0v) is 19.5. The number of benzene rings is 1. The standard InChI is InChI=1S/C29H39NO/c1-4-16-29(31)18-15-27-26-13-12-22-9-5-6-11-24(22)25(26)14-17-28(27,29)20-21-8-7-10-23(19-21)30(2)3/h4,7-10,19,26-27,31H,1,5-6,11-18,20H2,2-3H3/t26-,27+,28-,29+/m1/s1. The first kappa shape index (κ1) is 21.1. The number of anilines is 1. The lowest BCUT2D eigenvalue weighted by atomic mass is 9.52. The first-order chi connectivity index (χ1) is 15.0. The SMILES string of the molecule is C=CC[C@]1(O)CC[C@H]2[C@@H]3CCC4=CCCCC4=C3CC[C@@]21Cc1cccc(N(C)C)c1. The molecule has 2 heteroatoms. The van der Waals surface area contributed by atoms with Crippen molar-refractivity contribution in [1.29, 1.82) is 0 Å². The molecule has 1 aromatic rings. The molecule has 1 aromatic carbocycles. The highest BCUT2D eigenvalue weighted by molar-refractivity contribution is 5.48. The topological polar surface area (TPSA) is 23.5 Å². The molecule has 2 nitrogen and oxygen atoms in total. The van der Waals surface area contributed by atoms with Gasteiger partial charge in [0.25, 0.3) is 0 Å². The van der Waals surface area contributed by atoms with Crippen LogP contribution in [0.2, 0.25) is 0 Å². The molecule has 0 saturated heterocycles. The molecule has 0 aliphatic heterocycles. The minimum Gasteiger partial charge on any atom is -0.389 e. The van der Waals surface area contributed by atoms with Gasteiger partial charge in [0.1, 0.15) is 0 Å². The van der Waals surface area contributed by atoms with Gasteiger partial charge in [-0.1, -0.05) is 29.9 Å². The number of fused-ring (bicyclic) bond motifs is 4. The maximum Gasteiger partial charge on any atom is 0.0744 e. The number of hydrogen-bond acceptors (Lipinski definition) is 2. The summed E-state index contributed by atoms with van der Waals surface area (Å²) in [6.45, 7) is 4.03. The Balaban J connectivity index is 1.55. The molecule has 0 radical (unpaired) electrons. The Morgan fingerprint density at radius 2 is 2.03 bits per heavy atom. The molecule has 2 saturated carbocycles. The maximum absolute atomic E-state index is 12.1. The Labute approximate surface area is 188 Å². The van der Waals surface area contributed by atoms with Crippen LogP contribution in [0.15, 0.2) is 59.7 Å². The van der Waals surface area contributed by atoms with Crippen molar-refractivity contribution in [3.63, 3.8) is 0 Å². The van der Waals surface area contributed by atoms with Crippen LogP contribution in [0, 0.1) is 17.3 Å². The number of rotatable bonds is 5. The van der Waals surface area contributed by atoms with E-state index < -0.39 is 5.60 Å². The quantitative estimate of drug-likeness (QED) is 0.545. The van der Waals surface area contributed by atoms with Crippen molar-refractivity contribution in [3.8, 4) is 0 Å². The van der Waals surface area contributed by atoms with Crippen LogP contribution in [0.25, 0.3) is 0 Å². The molecule has 0 aromatic heterocycles. The molecule has 0 unspecified atom stereocenters. The van der Waals surface area contributed by atoms with Crippen LogP contribution in [0.4, 0.5) is 5.69 Å². The molecule has 166 valence electrons. The molecular weight excluding hydrogens is 378 g/mol. The average Bonchev–Trinajstić information content (AvgIpc) is 3.06. The monoisotopic (exact) mass is 417 g/mol. The fourth-order valence-corrected chi connectivity index (χ4v) is 7.81. The molecule has 0 bridgehead atoms. The Hall–Kier alpha value is -1.80. The zero-order chi connectivity index (χ0) is 21.6. The van der Waals surface area contributed by atoms with Gasteiger partial charge in [0.05, 0.1) is 5.60 Å². The van der Waals surface area contributed by atoms with Crippen molar-refractivity contribution in [3.05, 3.63) is 65.3 Å². The average molecular weight is 418 g/mol. The molecule has 5 rings (SSSR count). The summed E-state index contributed by atoms with van der Waals surface area (Å²) in [4.78, 5) is 2.19. The summed E-state index contributed by atoms with van der Waals surface area (Å²) in [5.41, 5.74) is 7.16. The highest BCUT2D eigenvalue weighted by Crippen LogP contribution is 2.65. The minimum atomic E-state index is -0.619. The van der Waals surface area contributed by atoms with Gasteiger partial charge in [0, 0.05) is 25.2 Å². The van der Waals surface area contributed by atoms with Crippen molar-refractivity contribution < 1.29 is 5.11 Å². The molecule has 0 heterocycles. The normalized spacial score (nSPS) is 34.5. The van der Waals surface area contributed by atoms with Crippen molar-refractivity contribution >= 4 is 5.69 Å². The van der Waals surface area contributed by atoms with Crippen LogP contribution in [0.1, 0.15) is 69.8 Å². The van der Waals surface area contributed by atoms with Crippen LogP contribution in [0.3, 0.4) is 0 Å². The predicted octanol–water partition coefficient (Wildman–Crippen LogP) is 6.61. The molecular formula is C29H39NO. The van der Waals surface area contributed by atoms with Gasteiger partial charge in [0.15, 0.2) is 0 Å². The molecule has 2 fully saturated rings. The van der Waals surface area contributed by atoms with E-state index in [1.807, 2.05) is 6.08 Å². The maximum atomic E-state index is 12.1. The lowest BCUT2D eigenvalue weighted by molar-refractivity contribution is -0.0982. The van der Waals surface area contributed by atoms with E-state index in [2.05, 4.69) is 55.9 Å². The summed E-state index contributed by atoms with van der Waals surface area (Å²) in [6.07, 6.45) is 17.0. The Kier molecular flexibility index (Phi) is 5.41. The summed E-state index contributed by atoms with van der Waals surface area (Å²) in [6, 6.07) is 9.00. The highest BCUT2D eigenvalue weighted by atomic mass is 16.3. The summed E-state index contributed by atoms with van der Waals surface area (Å²) in [7, 11) is 4.22. The number of hydrogen-bond donors (Lipinski definition) is 1. The van der Waals surface area contributed by atoms with Gasteiger partial charge < -0.3 is 10.0 Å². The van der Waals surface area contributed by atoms with Gasteiger partial charge >= 0.3 is 0 Å². The molecule has 4 aliphatic carbocycles. The third-order valence-electron chi connectivity index (χ3n) is 9.23. The second-order valence-electron chi connectivity index (χ2n) is 10.8. The summed E-state index contributed by atoms with van der Waals surface area (Å²) in [5.74, 6) is 1.27. The van der Waals surface area contributed by atoms with E-state index in [0.717, 1.165) is 32.1 Å². The van der Waals surface area contributed by atoms with Gasteiger partial charge in [-0.05, 0) is 111 Å². The fourth-order valence-electron chi connectivity index (χ4n) is 7.81. The van der Waals surface area contributed by atoms with Gasteiger partial charge in [0.2, 0.25) is 0 Å². The van der Waals surface area contributed by atoms with Crippen LogP contribution >= 0.6 is 0 Å². The molecule has 1 N–H and O–H groups in total. The molecule has 0 amide bonds. The Bertz CT molecular complexity index is 924. The zero-order valence-electron chi connectivity index (χ0n) is 19.5. The van der Waals surface area contributed by atoms with E-state index in [4.69, 9.17) is 0 Å². The van der Waals surface area contributed by atoms with Gasteiger partial charge in [-0.25, -0.2) is 0 Å². The van der Waals surface area contributed by atoms with Crippen LogP contribution in [0.5, 0.6) is 0 Å². The number of nitrogens with zero attached hydrogens (tertiary/aromatic N) is 1. The summed E-state index contributed by atoms with van der Waals surface area (Å²) >= 11 is 0. The summed E-state index contributed by atoms with van der Waals surface area (Å²) < 4.78 is 0. The van der Waals surface area contributed by atoms with Crippen molar-refractivity contribution in [2.75, 3.05) is 19.0 Å². The predicted molar refractivity (Wildman–Crippen MR) is 130 cm³/mol. The summed E-state index contributed by atoms with van der Waals surface area (Å²) in [5, 5.41) is 12.1. The third kappa shape index (κ3) is 3.33. The second-order valence-corrected chi connectivity index (χ2v) is 10.8. The van der Waals surface area contributed by atoms with E-state index in [9.17, 15) is 5.11 Å².